The summed E-state index contributed by atoms with van der Waals surface area (Å²) in [6, 6.07) is 4.02. The molecule has 98 valence electrons. The average molecular weight is 260 g/mol. The van der Waals surface area contributed by atoms with Crippen molar-refractivity contribution >= 4 is 11.7 Å². The first-order valence-corrected chi connectivity index (χ1v) is 5.28. The van der Waals surface area contributed by atoms with Gasteiger partial charge in [0.05, 0.1) is 30.5 Å². The summed E-state index contributed by atoms with van der Waals surface area (Å²) in [5.74, 6) is 0. The molecule has 1 aromatic carbocycles. The molecule has 1 fully saturated rings. The highest BCUT2D eigenvalue weighted by molar-refractivity contribution is 5.90. The van der Waals surface area contributed by atoms with Crippen LogP contribution < -0.4 is 10.6 Å². The number of amides is 2. The van der Waals surface area contributed by atoms with Gasteiger partial charge in [0.15, 0.2) is 0 Å². The highest BCUT2D eigenvalue weighted by Crippen LogP contribution is 2.34. The number of rotatable bonds is 2. The van der Waals surface area contributed by atoms with Gasteiger partial charge in [-0.2, -0.15) is 13.2 Å². The Kier molecular flexibility index (Phi) is 3.42. The lowest BCUT2D eigenvalue weighted by Crippen LogP contribution is -2.50. The molecule has 2 N–H and O–H groups in total. The van der Waals surface area contributed by atoms with Crippen molar-refractivity contribution in [2.75, 3.05) is 18.5 Å². The molecule has 0 spiro atoms. The molecule has 0 aromatic heterocycles. The predicted octanol–water partition coefficient (Wildman–Crippen LogP) is 2.23. The van der Waals surface area contributed by atoms with Gasteiger partial charge in [-0.05, 0) is 12.1 Å². The average Bonchev–Trinajstić information content (AvgIpc) is 2.23. The predicted molar refractivity (Wildman–Crippen MR) is 58.2 cm³/mol. The number of halogens is 3. The van der Waals surface area contributed by atoms with E-state index in [0.29, 0.717) is 13.2 Å². The van der Waals surface area contributed by atoms with Crippen molar-refractivity contribution in [2.45, 2.75) is 12.2 Å². The van der Waals surface area contributed by atoms with Crippen LogP contribution in [0.25, 0.3) is 0 Å². The molecule has 2 amide bonds. The van der Waals surface area contributed by atoms with E-state index in [1.54, 1.807) is 0 Å². The molecular weight excluding hydrogens is 249 g/mol. The molecular formula is C11H11F3N2O2. The first-order valence-electron chi connectivity index (χ1n) is 5.28. The number of para-hydroxylation sites is 1. The maximum Gasteiger partial charge on any atom is 0.418 e. The minimum Gasteiger partial charge on any atom is -0.377 e. The summed E-state index contributed by atoms with van der Waals surface area (Å²) in [6.07, 6.45) is -4.50. The van der Waals surface area contributed by atoms with Crippen LogP contribution in [0.2, 0.25) is 0 Å². The number of carbonyl (C=O) groups excluding carboxylic acids is 1. The van der Waals surface area contributed by atoms with Gasteiger partial charge in [0.1, 0.15) is 0 Å². The first-order chi connectivity index (χ1) is 8.47. The van der Waals surface area contributed by atoms with Crippen LogP contribution in [0.4, 0.5) is 23.7 Å². The maximum atomic E-state index is 12.6. The number of benzene rings is 1. The number of urea groups is 1. The van der Waals surface area contributed by atoms with Crippen LogP contribution in [0.15, 0.2) is 24.3 Å². The van der Waals surface area contributed by atoms with Crippen molar-refractivity contribution in [1.29, 1.82) is 0 Å². The Balaban J connectivity index is 2.06. The molecule has 1 aliphatic heterocycles. The summed E-state index contributed by atoms with van der Waals surface area (Å²) < 4.78 is 42.8. The SMILES string of the molecule is O=C(Nc1ccccc1C(F)(F)F)NC1COC1. The lowest BCUT2D eigenvalue weighted by molar-refractivity contribution is -0.136. The zero-order valence-electron chi connectivity index (χ0n) is 9.25. The van der Waals surface area contributed by atoms with Crippen LogP contribution in [0.1, 0.15) is 5.56 Å². The maximum absolute atomic E-state index is 12.6. The fourth-order valence-corrected chi connectivity index (χ4v) is 1.50. The van der Waals surface area contributed by atoms with E-state index in [1.807, 2.05) is 0 Å². The van der Waals surface area contributed by atoms with Crippen molar-refractivity contribution in [3.63, 3.8) is 0 Å². The van der Waals surface area contributed by atoms with E-state index >= 15 is 0 Å². The third-order valence-corrected chi connectivity index (χ3v) is 2.45. The summed E-state index contributed by atoms with van der Waals surface area (Å²) in [4.78, 5) is 11.4. The summed E-state index contributed by atoms with van der Waals surface area (Å²) in [6.45, 7) is 0.767. The summed E-state index contributed by atoms with van der Waals surface area (Å²) >= 11 is 0. The third-order valence-electron chi connectivity index (χ3n) is 2.45. The summed E-state index contributed by atoms with van der Waals surface area (Å²) in [5.41, 5.74) is -1.13. The van der Waals surface area contributed by atoms with E-state index in [-0.39, 0.29) is 11.7 Å². The van der Waals surface area contributed by atoms with Crippen molar-refractivity contribution in [3.8, 4) is 0 Å². The largest absolute Gasteiger partial charge is 0.418 e. The van der Waals surface area contributed by atoms with Crippen LogP contribution in [0.3, 0.4) is 0 Å². The minimum absolute atomic E-state index is 0.136. The monoisotopic (exact) mass is 260 g/mol. The van der Waals surface area contributed by atoms with Crippen molar-refractivity contribution in [1.82, 2.24) is 5.32 Å². The molecule has 0 saturated carbocycles. The molecule has 0 unspecified atom stereocenters. The Labute approximate surface area is 101 Å². The molecule has 7 heteroatoms. The fourth-order valence-electron chi connectivity index (χ4n) is 1.50. The lowest BCUT2D eigenvalue weighted by Gasteiger charge is -2.27. The number of hydrogen-bond acceptors (Lipinski definition) is 2. The highest BCUT2D eigenvalue weighted by atomic mass is 19.4. The fraction of sp³-hybridized carbons (Fsp3) is 0.364. The van der Waals surface area contributed by atoms with Gasteiger partial charge in [0.2, 0.25) is 0 Å². The standard InChI is InChI=1S/C11H11F3N2O2/c12-11(13,14)8-3-1-2-4-9(8)16-10(17)15-7-5-18-6-7/h1-4,7H,5-6H2,(H2,15,16,17). The summed E-state index contributed by atoms with van der Waals surface area (Å²) in [7, 11) is 0. The zero-order valence-corrected chi connectivity index (χ0v) is 9.25. The van der Waals surface area contributed by atoms with Crippen molar-refractivity contribution in [2.24, 2.45) is 0 Å². The third kappa shape index (κ3) is 2.92. The topological polar surface area (TPSA) is 50.4 Å². The van der Waals surface area contributed by atoms with Gasteiger partial charge in [-0.25, -0.2) is 4.79 Å². The quantitative estimate of drug-likeness (QED) is 0.856. The number of nitrogens with one attached hydrogen (secondary N) is 2. The number of ether oxygens (including phenoxy) is 1. The molecule has 0 bridgehead atoms. The minimum atomic E-state index is -4.50. The molecule has 1 heterocycles. The second kappa shape index (κ2) is 4.85. The number of anilines is 1. The molecule has 2 rings (SSSR count). The van der Waals surface area contributed by atoms with E-state index in [9.17, 15) is 18.0 Å². The normalized spacial score (nSPS) is 15.9. The van der Waals surface area contributed by atoms with Crippen LogP contribution in [-0.2, 0) is 10.9 Å². The lowest BCUT2D eigenvalue weighted by atomic mass is 10.1. The molecule has 0 radical (unpaired) electrons. The van der Waals surface area contributed by atoms with E-state index in [1.165, 1.54) is 18.2 Å². The van der Waals surface area contributed by atoms with E-state index in [2.05, 4.69) is 10.6 Å². The Morgan fingerprint density at radius 1 is 1.28 bits per heavy atom. The molecule has 1 aromatic rings. The van der Waals surface area contributed by atoms with Gasteiger partial charge in [-0.1, -0.05) is 12.1 Å². The Bertz CT molecular complexity index is 444. The van der Waals surface area contributed by atoms with Crippen molar-refractivity contribution in [3.05, 3.63) is 29.8 Å². The van der Waals surface area contributed by atoms with Gasteiger partial charge in [0, 0.05) is 0 Å². The van der Waals surface area contributed by atoms with Crippen molar-refractivity contribution < 1.29 is 22.7 Å². The second-order valence-electron chi connectivity index (χ2n) is 3.88. The summed E-state index contributed by atoms with van der Waals surface area (Å²) in [5, 5.41) is 4.69. The Morgan fingerprint density at radius 2 is 1.94 bits per heavy atom. The first kappa shape index (κ1) is 12.7. The van der Waals surface area contributed by atoms with E-state index in [0.717, 1.165) is 6.07 Å². The number of alkyl halides is 3. The molecule has 1 aliphatic rings. The van der Waals surface area contributed by atoms with Gasteiger partial charge >= 0.3 is 12.2 Å². The van der Waals surface area contributed by atoms with Gasteiger partial charge < -0.3 is 15.4 Å². The Morgan fingerprint density at radius 3 is 2.50 bits per heavy atom. The van der Waals surface area contributed by atoms with E-state index in [4.69, 9.17) is 4.74 Å². The molecule has 0 atom stereocenters. The molecule has 0 aliphatic carbocycles. The second-order valence-corrected chi connectivity index (χ2v) is 3.88. The Hall–Kier alpha value is -1.76. The van der Waals surface area contributed by atoms with E-state index < -0.39 is 17.8 Å². The molecule has 4 nitrogen and oxygen atoms in total. The van der Waals surface area contributed by atoms with Gasteiger partial charge in [-0.3, -0.25) is 0 Å². The van der Waals surface area contributed by atoms with Crippen LogP contribution in [0.5, 0.6) is 0 Å². The zero-order chi connectivity index (χ0) is 13.2. The van der Waals surface area contributed by atoms with Gasteiger partial charge in [0.25, 0.3) is 0 Å². The van der Waals surface area contributed by atoms with Crippen LogP contribution in [-0.4, -0.2) is 25.3 Å². The highest BCUT2D eigenvalue weighted by Gasteiger charge is 2.33. The van der Waals surface area contributed by atoms with Crippen LogP contribution >= 0.6 is 0 Å². The number of hydrogen-bond donors (Lipinski definition) is 2. The number of carbonyl (C=O) groups is 1. The smallest absolute Gasteiger partial charge is 0.377 e. The molecule has 1 saturated heterocycles. The van der Waals surface area contributed by atoms with Crippen LogP contribution in [0, 0.1) is 0 Å². The molecule has 18 heavy (non-hydrogen) atoms. The van der Waals surface area contributed by atoms with Gasteiger partial charge in [-0.15, -0.1) is 0 Å².